The van der Waals surface area contributed by atoms with E-state index >= 15 is 0 Å². The zero-order chi connectivity index (χ0) is 22.7. The molecule has 0 aliphatic carbocycles. The van der Waals surface area contributed by atoms with Crippen LogP contribution in [-0.2, 0) is 19.6 Å². The molecule has 0 bridgehead atoms. The molecule has 0 aliphatic heterocycles. The first-order valence-corrected chi connectivity index (χ1v) is 12.6. The Bertz CT molecular complexity index is 644. The molecule has 0 aromatic heterocycles. The lowest BCUT2D eigenvalue weighted by Gasteiger charge is -2.04. The quantitative estimate of drug-likeness (QED) is 0.213. The van der Waals surface area contributed by atoms with Crippen LogP contribution in [-0.4, -0.2) is 32.1 Å². The number of carbonyl (C=O) groups is 1. The van der Waals surface area contributed by atoms with Gasteiger partial charge in [0, 0.05) is 6.42 Å². The van der Waals surface area contributed by atoms with Gasteiger partial charge in [-0.1, -0.05) is 76.0 Å². The third kappa shape index (κ3) is 17.4. The molecule has 1 rings (SSSR count). The molecular weight excluding hydrogens is 402 g/mol. The van der Waals surface area contributed by atoms with Gasteiger partial charge in [-0.25, -0.2) is 0 Å². The number of esters is 1. The van der Waals surface area contributed by atoms with Crippen LogP contribution in [0.4, 0.5) is 0 Å². The van der Waals surface area contributed by atoms with Crippen molar-refractivity contribution < 1.29 is 22.5 Å². The number of unbranched alkanes of at least 4 members (excludes halogenated alkanes) is 9. The topological polar surface area (TPSA) is 107 Å². The third-order valence-electron chi connectivity index (χ3n) is 4.66. The molecule has 0 spiro atoms. The van der Waals surface area contributed by atoms with Crippen LogP contribution in [0.3, 0.4) is 0 Å². The number of hydrogen-bond donors (Lipinski definition) is 2. The maximum absolute atomic E-state index is 11.3. The van der Waals surface area contributed by atoms with E-state index in [9.17, 15) is 13.2 Å². The Kier molecular flexibility index (Phi) is 17.5. The largest absolute Gasteiger partial charge is 0.466 e. The highest BCUT2D eigenvalue weighted by Crippen LogP contribution is 2.11. The van der Waals surface area contributed by atoms with E-state index in [-0.39, 0.29) is 10.9 Å². The number of nitrogens with two attached hydrogens (primary N) is 1. The molecule has 6 nitrogen and oxygen atoms in total. The summed E-state index contributed by atoms with van der Waals surface area (Å²) in [6, 6.07) is 5.99. The normalized spacial score (nSPS) is 10.9. The lowest BCUT2D eigenvalue weighted by atomic mass is 10.1. The lowest BCUT2D eigenvalue weighted by molar-refractivity contribution is -0.143. The molecule has 0 saturated carbocycles. The van der Waals surface area contributed by atoms with Crippen molar-refractivity contribution in [3.63, 3.8) is 0 Å². The fourth-order valence-corrected chi connectivity index (χ4v) is 3.24. The second kappa shape index (κ2) is 18.3. The summed E-state index contributed by atoms with van der Waals surface area (Å²) in [6.07, 6.45) is 13.8. The van der Waals surface area contributed by atoms with Gasteiger partial charge in [0.2, 0.25) is 0 Å². The van der Waals surface area contributed by atoms with Crippen molar-refractivity contribution in [3.8, 4) is 0 Å². The molecule has 1 aromatic rings. The minimum absolute atomic E-state index is 0.0183. The van der Waals surface area contributed by atoms with Crippen LogP contribution in [0.25, 0.3) is 0 Å². The van der Waals surface area contributed by atoms with Crippen LogP contribution in [0.15, 0.2) is 29.2 Å². The van der Waals surface area contributed by atoms with Crippen molar-refractivity contribution in [1.82, 2.24) is 0 Å². The van der Waals surface area contributed by atoms with Crippen molar-refractivity contribution >= 4 is 16.1 Å². The average molecular weight is 444 g/mol. The van der Waals surface area contributed by atoms with E-state index in [2.05, 4.69) is 6.92 Å². The summed E-state index contributed by atoms with van der Waals surface area (Å²) >= 11 is 0. The summed E-state index contributed by atoms with van der Waals surface area (Å²) in [5.74, 6) is -0.0183. The van der Waals surface area contributed by atoms with E-state index in [0.717, 1.165) is 37.8 Å². The number of benzene rings is 1. The molecule has 0 radical (unpaired) electrons. The fraction of sp³-hybridized carbons (Fsp3) is 0.696. The molecule has 0 amide bonds. The van der Waals surface area contributed by atoms with Crippen molar-refractivity contribution in [1.29, 1.82) is 0 Å². The first kappa shape index (κ1) is 28.6. The molecule has 0 unspecified atom stereocenters. The molecule has 30 heavy (non-hydrogen) atoms. The Morgan fingerprint density at radius 1 is 0.900 bits per heavy atom. The molecule has 0 heterocycles. The first-order chi connectivity index (χ1) is 14.3. The Hall–Kier alpha value is -1.44. The van der Waals surface area contributed by atoms with Gasteiger partial charge in [0.15, 0.2) is 0 Å². The van der Waals surface area contributed by atoms with E-state index in [1.807, 2.05) is 6.92 Å². The number of aryl methyl sites for hydroxylation is 1. The van der Waals surface area contributed by atoms with Crippen molar-refractivity contribution in [2.45, 2.75) is 95.8 Å². The van der Waals surface area contributed by atoms with E-state index in [0.29, 0.717) is 13.0 Å². The van der Waals surface area contributed by atoms with Gasteiger partial charge in [0.05, 0.1) is 11.5 Å². The van der Waals surface area contributed by atoms with Gasteiger partial charge in [-0.3, -0.25) is 9.35 Å². The molecule has 1 aromatic carbocycles. The van der Waals surface area contributed by atoms with Gasteiger partial charge in [-0.15, -0.1) is 0 Å². The monoisotopic (exact) mass is 443 g/mol. The van der Waals surface area contributed by atoms with Crippen LogP contribution in [0.5, 0.6) is 0 Å². The molecule has 0 saturated heterocycles. The number of rotatable bonds is 15. The van der Waals surface area contributed by atoms with Gasteiger partial charge in [-0.2, -0.15) is 8.42 Å². The molecule has 0 aliphatic rings. The van der Waals surface area contributed by atoms with Crippen molar-refractivity contribution in [2.24, 2.45) is 5.73 Å². The summed E-state index contributed by atoms with van der Waals surface area (Å²) in [6.45, 7) is 5.37. The van der Waals surface area contributed by atoms with Crippen LogP contribution in [0.1, 0.15) is 89.5 Å². The van der Waals surface area contributed by atoms with Crippen molar-refractivity contribution in [2.75, 3.05) is 13.2 Å². The Morgan fingerprint density at radius 3 is 1.87 bits per heavy atom. The van der Waals surface area contributed by atoms with E-state index in [4.69, 9.17) is 15.0 Å². The highest BCUT2D eigenvalue weighted by molar-refractivity contribution is 7.85. The van der Waals surface area contributed by atoms with Crippen LogP contribution >= 0.6 is 0 Å². The number of ether oxygens (including phenoxy) is 1. The molecule has 7 heteroatoms. The fourth-order valence-electron chi connectivity index (χ4n) is 2.76. The zero-order valence-electron chi connectivity index (χ0n) is 18.8. The summed E-state index contributed by atoms with van der Waals surface area (Å²) in [4.78, 5) is 11.3. The molecule has 3 N–H and O–H groups in total. The van der Waals surface area contributed by atoms with Crippen LogP contribution in [0.2, 0.25) is 0 Å². The Balaban J connectivity index is 0.000000642. The summed E-state index contributed by atoms with van der Waals surface area (Å²) in [5, 5.41) is 0. The lowest BCUT2D eigenvalue weighted by Crippen LogP contribution is -2.05. The first-order valence-electron chi connectivity index (χ1n) is 11.2. The minimum atomic E-state index is -4.02. The number of hydrogen-bond acceptors (Lipinski definition) is 5. The SMILES string of the molecule is CCCCOC(=O)CCCCCCCCCCCN.Cc1ccc(S(=O)(=O)O)cc1. The van der Waals surface area contributed by atoms with E-state index < -0.39 is 10.1 Å². The van der Waals surface area contributed by atoms with E-state index in [1.165, 1.54) is 57.1 Å². The van der Waals surface area contributed by atoms with Crippen LogP contribution < -0.4 is 5.73 Å². The van der Waals surface area contributed by atoms with E-state index in [1.54, 1.807) is 12.1 Å². The highest BCUT2D eigenvalue weighted by Gasteiger charge is 2.06. The molecule has 0 fully saturated rings. The minimum Gasteiger partial charge on any atom is -0.466 e. The van der Waals surface area contributed by atoms with Gasteiger partial charge in [0.1, 0.15) is 0 Å². The maximum atomic E-state index is 11.3. The smallest absolute Gasteiger partial charge is 0.305 e. The summed E-state index contributed by atoms with van der Waals surface area (Å²) < 4.78 is 34.7. The second-order valence-corrected chi connectivity index (χ2v) is 9.00. The third-order valence-corrected chi connectivity index (χ3v) is 5.53. The average Bonchev–Trinajstić information content (AvgIpc) is 2.70. The zero-order valence-corrected chi connectivity index (χ0v) is 19.6. The van der Waals surface area contributed by atoms with Crippen LogP contribution in [0, 0.1) is 6.92 Å². The predicted octanol–water partition coefficient (Wildman–Crippen LogP) is 5.43. The summed E-state index contributed by atoms with van der Waals surface area (Å²) in [5.41, 5.74) is 6.41. The molecular formula is C23H41NO5S. The van der Waals surface area contributed by atoms with Gasteiger partial charge in [0.25, 0.3) is 10.1 Å². The predicted molar refractivity (Wildman–Crippen MR) is 122 cm³/mol. The highest BCUT2D eigenvalue weighted by atomic mass is 32.2. The van der Waals surface area contributed by atoms with Gasteiger partial charge >= 0.3 is 5.97 Å². The van der Waals surface area contributed by atoms with Crippen molar-refractivity contribution in [3.05, 3.63) is 29.8 Å². The van der Waals surface area contributed by atoms with Gasteiger partial charge in [-0.05, 0) is 44.9 Å². The van der Waals surface area contributed by atoms with Gasteiger partial charge < -0.3 is 10.5 Å². The second-order valence-electron chi connectivity index (χ2n) is 7.58. The molecule has 174 valence electrons. The Morgan fingerprint density at radius 2 is 1.40 bits per heavy atom. The summed E-state index contributed by atoms with van der Waals surface area (Å²) in [7, 11) is -4.02. The Labute approximate surface area is 183 Å². The molecule has 0 atom stereocenters. The standard InChI is InChI=1S/C16H33NO2.C7H8O3S/c1-2-3-15-19-16(18)13-11-9-7-5-4-6-8-10-12-14-17;1-6-2-4-7(5-3-6)11(8,9)10/h2-15,17H2,1H3;2-5H,1H3,(H,8,9,10). The maximum Gasteiger partial charge on any atom is 0.305 e. The number of carbonyl (C=O) groups excluding carboxylic acids is 1.